The molecule has 0 fully saturated rings. The van der Waals surface area contributed by atoms with Crippen LogP contribution < -0.4 is 26.3 Å². The van der Waals surface area contributed by atoms with Crippen molar-refractivity contribution in [1.29, 1.82) is 0 Å². The predicted octanol–water partition coefficient (Wildman–Crippen LogP) is 4.81. The third-order valence-electron chi connectivity index (χ3n) is 8.14. The van der Waals surface area contributed by atoms with Crippen molar-refractivity contribution in [2.45, 2.75) is 31.2 Å². The van der Waals surface area contributed by atoms with Gasteiger partial charge in [-0.3, -0.25) is 14.6 Å². The minimum atomic E-state index is -2.12. The van der Waals surface area contributed by atoms with Gasteiger partial charge in [-0.2, -0.15) is 0 Å². The molecule has 0 spiro atoms. The van der Waals surface area contributed by atoms with Crippen molar-refractivity contribution in [1.82, 2.24) is 10.3 Å². The first-order valence-electron chi connectivity index (χ1n) is 14.5. The molecule has 4 aromatic rings. The number of hydrogen-bond donors (Lipinski definition) is 4. The number of pyridine rings is 1. The number of aliphatic imine (C=N–C) groups is 1. The van der Waals surface area contributed by atoms with Crippen LogP contribution in [0.25, 0.3) is 11.3 Å². The first-order valence-corrected chi connectivity index (χ1v) is 14.9. The number of nitrogens with zero attached hydrogens (tertiary/aromatic N) is 2. The third-order valence-corrected chi connectivity index (χ3v) is 8.43. The van der Waals surface area contributed by atoms with Crippen LogP contribution in [-0.4, -0.2) is 54.7 Å². The fraction of sp³-hybridized carbons (Fsp3) is 0.235. The maximum absolute atomic E-state index is 15.3. The van der Waals surface area contributed by atoms with Crippen molar-refractivity contribution in [2.75, 3.05) is 26.0 Å². The Bertz CT molecular complexity index is 1940. The fourth-order valence-electron chi connectivity index (χ4n) is 5.29. The van der Waals surface area contributed by atoms with E-state index in [1.807, 2.05) is 0 Å². The van der Waals surface area contributed by atoms with Gasteiger partial charge in [-0.15, -0.1) is 0 Å². The number of carbonyl (C=O) groups excluding carboxylic acids is 2. The molecule has 3 atom stereocenters. The molecule has 1 aliphatic heterocycles. The third kappa shape index (κ3) is 6.26. The van der Waals surface area contributed by atoms with Crippen molar-refractivity contribution in [3.05, 3.63) is 105 Å². The van der Waals surface area contributed by atoms with Crippen LogP contribution >= 0.6 is 11.6 Å². The number of aromatic nitrogens is 1. The zero-order chi connectivity index (χ0) is 35.0. The van der Waals surface area contributed by atoms with Crippen LogP contribution in [0.4, 0.5) is 18.9 Å². The Morgan fingerprint density at radius 2 is 1.92 bits per heavy atom. The summed E-state index contributed by atoms with van der Waals surface area (Å²) in [6.07, 6.45) is -0.353. The Labute approximate surface area is 278 Å². The number of nitrogen functional groups attached to an aromatic ring is 1. The molecule has 48 heavy (non-hydrogen) atoms. The highest BCUT2D eigenvalue weighted by Gasteiger charge is 2.46. The van der Waals surface area contributed by atoms with E-state index in [1.165, 1.54) is 45.4 Å². The Balaban J connectivity index is 1.65. The molecule has 0 saturated carbocycles. The highest BCUT2D eigenvalue weighted by molar-refractivity contribution is 6.31. The zero-order valence-electron chi connectivity index (χ0n) is 26.0. The zero-order valence-corrected chi connectivity index (χ0v) is 26.7. The fourth-order valence-corrected chi connectivity index (χ4v) is 5.45. The molecule has 0 radical (unpaired) electrons. The van der Waals surface area contributed by atoms with Crippen LogP contribution in [0, 0.1) is 11.6 Å². The van der Waals surface area contributed by atoms with Crippen LogP contribution in [0.1, 0.15) is 46.6 Å². The Morgan fingerprint density at radius 1 is 1.21 bits per heavy atom. The standard InChI is InChI=1S/C34H31ClF3N5O5/c1-17(36)41-14-19-9-18(10-26(47-3)28(19)39)31(44)42-15-34(46,20-7-5-4-6-8-20)27-12-22-30(48-16-33(22,2)32(40)45)29(43-27)21-11-23(35)25(38)13-24(21)37/h4-14,17,46H,15-16,39H2,1-3H3,(H2,40,45)(H,42,44)/b41-14+/t17?,33-,34+/m0/s1. The normalized spacial score (nSPS) is 17.3. The highest BCUT2D eigenvalue weighted by atomic mass is 35.5. The summed E-state index contributed by atoms with van der Waals surface area (Å²) in [4.78, 5) is 34.5. The molecule has 6 N–H and O–H groups in total. The number of benzene rings is 3. The summed E-state index contributed by atoms with van der Waals surface area (Å²) in [6, 6.07) is 13.9. The van der Waals surface area contributed by atoms with Crippen molar-refractivity contribution in [3.8, 4) is 22.8 Å². The van der Waals surface area contributed by atoms with Gasteiger partial charge in [0.1, 0.15) is 46.5 Å². The van der Waals surface area contributed by atoms with Gasteiger partial charge >= 0.3 is 0 Å². The van der Waals surface area contributed by atoms with E-state index in [1.54, 1.807) is 30.3 Å². The average Bonchev–Trinajstić information content (AvgIpc) is 3.42. The number of hydrogen-bond acceptors (Lipinski definition) is 8. The smallest absolute Gasteiger partial charge is 0.251 e. The summed E-state index contributed by atoms with van der Waals surface area (Å²) in [6.45, 7) is 2.02. The highest BCUT2D eigenvalue weighted by Crippen LogP contribution is 2.47. The van der Waals surface area contributed by atoms with E-state index < -0.39 is 52.3 Å². The summed E-state index contributed by atoms with van der Waals surface area (Å²) in [5, 5.41) is 14.7. The summed E-state index contributed by atoms with van der Waals surface area (Å²) >= 11 is 6.01. The Kier molecular flexibility index (Phi) is 9.38. The second-order valence-corrected chi connectivity index (χ2v) is 11.8. The minimum absolute atomic E-state index is 0.00756. The molecule has 0 aliphatic carbocycles. The molecule has 1 aromatic heterocycles. The molecule has 2 heterocycles. The summed E-state index contributed by atoms with van der Waals surface area (Å²) in [5.41, 5.74) is 8.60. The van der Waals surface area contributed by atoms with Gasteiger partial charge in [-0.1, -0.05) is 41.9 Å². The van der Waals surface area contributed by atoms with Crippen LogP contribution in [0.2, 0.25) is 5.02 Å². The number of amides is 2. The number of anilines is 1. The molecule has 250 valence electrons. The molecule has 0 bridgehead atoms. The Hall–Kier alpha value is -5.14. The van der Waals surface area contributed by atoms with E-state index in [0.717, 1.165) is 6.07 Å². The van der Waals surface area contributed by atoms with E-state index in [0.29, 0.717) is 6.07 Å². The van der Waals surface area contributed by atoms with Crippen molar-refractivity contribution < 1.29 is 37.3 Å². The number of primary amides is 1. The summed E-state index contributed by atoms with van der Waals surface area (Å²) in [7, 11) is 1.35. The number of ether oxygens (including phenoxy) is 2. The molecular formula is C34H31ClF3N5O5. The van der Waals surface area contributed by atoms with Crippen LogP contribution in [0.3, 0.4) is 0 Å². The van der Waals surface area contributed by atoms with E-state index in [4.69, 9.17) is 32.5 Å². The van der Waals surface area contributed by atoms with Gasteiger partial charge < -0.3 is 31.4 Å². The van der Waals surface area contributed by atoms with Crippen LogP contribution in [0.15, 0.2) is 65.7 Å². The minimum Gasteiger partial charge on any atom is -0.495 e. The molecule has 10 nitrogen and oxygen atoms in total. The van der Waals surface area contributed by atoms with Crippen LogP contribution in [-0.2, 0) is 15.8 Å². The van der Waals surface area contributed by atoms with E-state index in [2.05, 4.69) is 15.3 Å². The maximum Gasteiger partial charge on any atom is 0.251 e. The molecule has 3 aromatic carbocycles. The maximum atomic E-state index is 15.3. The van der Waals surface area contributed by atoms with Gasteiger partial charge in [-0.25, -0.2) is 18.2 Å². The van der Waals surface area contributed by atoms with Gasteiger partial charge in [0.25, 0.3) is 5.91 Å². The van der Waals surface area contributed by atoms with Gasteiger partial charge in [0.15, 0.2) is 6.30 Å². The average molecular weight is 682 g/mol. The number of fused-ring (bicyclic) bond motifs is 1. The van der Waals surface area contributed by atoms with Crippen molar-refractivity contribution in [3.63, 3.8) is 0 Å². The van der Waals surface area contributed by atoms with Crippen LogP contribution in [0.5, 0.6) is 11.5 Å². The number of nitrogens with one attached hydrogen (secondary N) is 1. The van der Waals surface area contributed by atoms with Gasteiger partial charge in [-0.05, 0) is 43.7 Å². The van der Waals surface area contributed by atoms with Crippen molar-refractivity contribution >= 4 is 35.3 Å². The molecule has 14 heteroatoms. The lowest BCUT2D eigenvalue weighted by Gasteiger charge is -2.30. The topological polar surface area (TPSA) is 162 Å². The van der Waals surface area contributed by atoms with E-state index in [-0.39, 0.29) is 63.0 Å². The number of methoxy groups -OCH3 is 1. The second kappa shape index (κ2) is 13.2. The predicted molar refractivity (Wildman–Crippen MR) is 174 cm³/mol. The largest absolute Gasteiger partial charge is 0.495 e. The first kappa shape index (κ1) is 34.2. The number of halogens is 4. The summed E-state index contributed by atoms with van der Waals surface area (Å²) in [5.74, 6) is -3.37. The molecular weight excluding hydrogens is 651 g/mol. The number of carbonyl (C=O) groups is 2. The van der Waals surface area contributed by atoms with Gasteiger partial charge in [0, 0.05) is 34.5 Å². The molecule has 1 unspecified atom stereocenters. The lowest BCUT2D eigenvalue weighted by atomic mass is 9.80. The SMILES string of the molecule is COc1cc(C(=O)NC[C@@](O)(c2ccccc2)c2cc3c(c(-c4cc(Cl)c(F)cc4F)n2)OC[C@]3(C)C(N)=O)cc(/C=N/C(C)F)c1N. The quantitative estimate of drug-likeness (QED) is 0.0808. The lowest BCUT2D eigenvalue weighted by Crippen LogP contribution is -2.43. The molecule has 1 aliphatic rings. The number of alkyl halides is 1. The van der Waals surface area contributed by atoms with Gasteiger partial charge in [0.2, 0.25) is 5.91 Å². The monoisotopic (exact) mass is 681 g/mol. The summed E-state index contributed by atoms with van der Waals surface area (Å²) < 4.78 is 54.0. The molecule has 0 saturated heterocycles. The molecule has 5 rings (SSSR count). The lowest BCUT2D eigenvalue weighted by molar-refractivity contribution is -0.123. The Morgan fingerprint density at radius 3 is 2.56 bits per heavy atom. The number of nitrogens with two attached hydrogens (primary N) is 2. The van der Waals surface area contributed by atoms with E-state index in [9.17, 15) is 23.5 Å². The van der Waals surface area contributed by atoms with Crippen molar-refractivity contribution in [2.24, 2.45) is 10.7 Å². The first-order chi connectivity index (χ1) is 22.7. The van der Waals surface area contributed by atoms with Gasteiger partial charge in [0.05, 0.1) is 30.1 Å². The number of aliphatic hydroxyl groups is 1. The number of rotatable bonds is 10. The molecule has 2 amide bonds. The van der Waals surface area contributed by atoms with E-state index >= 15 is 4.39 Å². The second-order valence-electron chi connectivity index (χ2n) is 11.4.